The number of aliphatic hydroxyl groups is 1. The molecule has 1 aliphatic carbocycles. The Morgan fingerprint density at radius 3 is 2.81 bits per heavy atom. The molecule has 3 aromatic rings. The maximum absolute atomic E-state index is 12.8. The van der Waals surface area contributed by atoms with E-state index in [2.05, 4.69) is 5.32 Å². The summed E-state index contributed by atoms with van der Waals surface area (Å²) in [6, 6.07) is 13.1. The van der Waals surface area contributed by atoms with Gasteiger partial charge in [0.2, 0.25) is 5.91 Å². The van der Waals surface area contributed by atoms with Crippen LogP contribution < -0.4 is 10.1 Å². The minimum absolute atomic E-state index is 0.0873. The fourth-order valence-corrected chi connectivity index (χ4v) is 3.98. The molecule has 0 spiro atoms. The summed E-state index contributed by atoms with van der Waals surface area (Å²) in [6.07, 6.45) is 0.659. The first kappa shape index (κ1) is 17.8. The molecule has 2 N–H and O–H groups in total. The van der Waals surface area contributed by atoms with Crippen LogP contribution in [0.5, 0.6) is 5.75 Å². The maximum Gasteiger partial charge on any atom is 0.230 e. The molecule has 5 nitrogen and oxygen atoms in total. The highest BCUT2D eigenvalue weighted by atomic mass is 32.1. The summed E-state index contributed by atoms with van der Waals surface area (Å²) in [5.41, 5.74) is 1.32. The Morgan fingerprint density at radius 2 is 2.11 bits per heavy atom. The van der Waals surface area contributed by atoms with Gasteiger partial charge < -0.3 is 19.6 Å². The van der Waals surface area contributed by atoms with Gasteiger partial charge in [-0.2, -0.15) is 11.3 Å². The van der Waals surface area contributed by atoms with E-state index in [4.69, 9.17) is 9.15 Å². The molecule has 0 radical (unpaired) electrons. The van der Waals surface area contributed by atoms with Crippen molar-refractivity contribution in [1.29, 1.82) is 0 Å². The van der Waals surface area contributed by atoms with Crippen molar-refractivity contribution in [1.82, 2.24) is 5.32 Å². The third-order valence-electron chi connectivity index (χ3n) is 5.02. The number of aliphatic hydroxyl groups excluding tert-OH is 1. The van der Waals surface area contributed by atoms with E-state index >= 15 is 0 Å². The Labute approximate surface area is 161 Å². The first-order chi connectivity index (χ1) is 13.1. The van der Waals surface area contributed by atoms with E-state index in [0.717, 1.165) is 29.7 Å². The van der Waals surface area contributed by atoms with Gasteiger partial charge in [0.05, 0.1) is 19.1 Å². The van der Waals surface area contributed by atoms with Crippen LogP contribution in [-0.4, -0.2) is 24.7 Å². The molecule has 1 aliphatic rings. The monoisotopic (exact) mass is 383 g/mol. The highest BCUT2D eigenvalue weighted by Crippen LogP contribution is 2.51. The van der Waals surface area contributed by atoms with E-state index in [9.17, 15) is 9.90 Å². The number of methoxy groups -OCH3 is 1. The van der Waals surface area contributed by atoms with Crippen LogP contribution in [0.25, 0.3) is 11.3 Å². The number of carbonyl (C=O) groups excluding carboxylic acids is 1. The number of furan rings is 1. The zero-order valence-corrected chi connectivity index (χ0v) is 15.8. The lowest BCUT2D eigenvalue weighted by Crippen LogP contribution is -2.37. The van der Waals surface area contributed by atoms with Gasteiger partial charge in [0.25, 0.3) is 0 Å². The Kier molecular flexibility index (Phi) is 4.76. The summed E-state index contributed by atoms with van der Waals surface area (Å²) < 4.78 is 11.1. The number of benzene rings is 1. The molecule has 1 unspecified atom stereocenters. The molecule has 1 amide bonds. The molecule has 4 rings (SSSR count). The third kappa shape index (κ3) is 3.38. The van der Waals surface area contributed by atoms with Crippen LogP contribution >= 0.6 is 11.3 Å². The molecular formula is C21H21NO4S. The quantitative estimate of drug-likeness (QED) is 0.649. The molecule has 1 aromatic carbocycles. The van der Waals surface area contributed by atoms with Crippen molar-refractivity contribution in [3.05, 3.63) is 64.5 Å². The highest BCUT2D eigenvalue weighted by Gasteiger charge is 2.52. The Hall–Kier alpha value is -2.57. The standard InChI is InChI=1S/C21H21NO4S/c1-25-18-5-3-2-4-15(18)21(9-10-21)20(24)22-12-16(23)19-7-6-17(26-19)14-8-11-27-13-14/h2-8,11,13,16,23H,9-10,12H2,1H3,(H,22,24). The summed E-state index contributed by atoms with van der Waals surface area (Å²) in [5.74, 6) is 1.79. The highest BCUT2D eigenvalue weighted by molar-refractivity contribution is 7.08. The van der Waals surface area contributed by atoms with Gasteiger partial charge in [0, 0.05) is 16.5 Å². The van der Waals surface area contributed by atoms with Crippen LogP contribution in [0.1, 0.15) is 30.3 Å². The fraction of sp³-hybridized carbons (Fsp3) is 0.286. The van der Waals surface area contributed by atoms with Crippen molar-refractivity contribution in [2.45, 2.75) is 24.4 Å². The lowest BCUT2D eigenvalue weighted by molar-refractivity contribution is -0.124. The number of thiophene rings is 1. The first-order valence-corrected chi connectivity index (χ1v) is 9.80. The number of amides is 1. The summed E-state index contributed by atoms with van der Waals surface area (Å²) >= 11 is 1.59. The number of nitrogens with one attached hydrogen (secondary N) is 1. The number of rotatable bonds is 7. The third-order valence-corrected chi connectivity index (χ3v) is 5.71. The van der Waals surface area contributed by atoms with Gasteiger partial charge in [0.1, 0.15) is 23.4 Å². The largest absolute Gasteiger partial charge is 0.496 e. The molecule has 0 aliphatic heterocycles. The van der Waals surface area contributed by atoms with Crippen LogP contribution in [0.2, 0.25) is 0 Å². The van der Waals surface area contributed by atoms with Gasteiger partial charge in [-0.05, 0) is 42.5 Å². The van der Waals surface area contributed by atoms with Crippen LogP contribution in [0, 0.1) is 0 Å². The topological polar surface area (TPSA) is 71.7 Å². The van der Waals surface area contributed by atoms with Crippen molar-refractivity contribution in [2.24, 2.45) is 0 Å². The first-order valence-electron chi connectivity index (χ1n) is 8.86. The molecule has 0 bridgehead atoms. The Balaban J connectivity index is 1.42. The van der Waals surface area contributed by atoms with Gasteiger partial charge in [-0.15, -0.1) is 0 Å². The van der Waals surface area contributed by atoms with E-state index in [0.29, 0.717) is 11.5 Å². The van der Waals surface area contributed by atoms with Gasteiger partial charge in [-0.25, -0.2) is 0 Å². The van der Waals surface area contributed by atoms with Gasteiger partial charge in [0.15, 0.2) is 0 Å². The zero-order chi connectivity index (χ0) is 18.9. The number of ether oxygens (including phenoxy) is 1. The Morgan fingerprint density at radius 1 is 1.30 bits per heavy atom. The van der Waals surface area contributed by atoms with Crippen molar-refractivity contribution in [3.8, 4) is 17.1 Å². The molecule has 1 fully saturated rings. The molecular weight excluding hydrogens is 362 g/mol. The van der Waals surface area contributed by atoms with Crippen LogP contribution in [0.3, 0.4) is 0 Å². The molecule has 140 valence electrons. The molecule has 27 heavy (non-hydrogen) atoms. The molecule has 1 atom stereocenters. The average Bonchev–Trinajstić information content (AvgIpc) is 3.10. The van der Waals surface area contributed by atoms with Crippen molar-refractivity contribution >= 4 is 17.2 Å². The van der Waals surface area contributed by atoms with Gasteiger partial charge in [-0.3, -0.25) is 4.79 Å². The predicted molar refractivity (Wildman–Crippen MR) is 104 cm³/mol. The predicted octanol–water partition coefficient (Wildman–Crippen LogP) is 3.90. The minimum Gasteiger partial charge on any atom is -0.496 e. The second-order valence-corrected chi connectivity index (χ2v) is 7.50. The summed E-state index contributed by atoms with van der Waals surface area (Å²) in [7, 11) is 1.61. The maximum atomic E-state index is 12.8. The molecule has 2 heterocycles. The van der Waals surface area contributed by atoms with Gasteiger partial charge >= 0.3 is 0 Å². The normalized spacial score (nSPS) is 15.9. The van der Waals surface area contributed by atoms with E-state index < -0.39 is 11.5 Å². The second kappa shape index (κ2) is 7.21. The molecule has 6 heteroatoms. The lowest BCUT2D eigenvalue weighted by atomic mass is 9.94. The lowest BCUT2D eigenvalue weighted by Gasteiger charge is -2.19. The zero-order valence-electron chi connectivity index (χ0n) is 15.0. The van der Waals surface area contributed by atoms with E-state index in [1.165, 1.54) is 0 Å². The smallest absolute Gasteiger partial charge is 0.230 e. The van der Waals surface area contributed by atoms with Crippen LogP contribution in [-0.2, 0) is 10.2 Å². The number of carbonyl (C=O) groups is 1. The van der Waals surface area contributed by atoms with Crippen molar-refractivity contribution < 1.29 is 19.1 Å². The van der Waals surface area contributed by atoms with Gasteiger partial charge in [-0.1, -0.05) is 18.2 Å². The molecule has 2 aromatic heterocycles. The van der Waals surface area contributed by atoms with E-state index in [1.807, 2.05) is 47.2 Å². The van der Waals surface area contributed by atoms with E-state index in [-0.39, 0.29) is 12.5 Å². The Bertz CT molecular complexity index is 927. The summed E-state index contributed by atoms with van der Waals surface area (Å²) in [5, 5.41) is 17.2. The summed E-state index contributed by atoms with van der Waals surface area (Å²) in [4.78, 5) is 12.8. The molecule has 1 saturated carbocycles. The average molecular weight is 383 g/mol. The number of hydrogen-bond donors (Lipinski definition) is 2. The molecule has 0 saturated heterocycles. The summed E-state index contributed by atoms with van der Waals surface area (Å²) in [6.45, 7) is 0.103. The SMILES string of the molecule is COc1ccccc1C1(C(=O)NCC(O)c2ccc(-c3ccsc3)o2)CC1. The number of para-hydroxylation sites is 1. The fourth-order valence-electron chi connectivity index (χ4n) is 3.33. The minimum atomic E-state index is -0.894. The number of hydrogen-bond acceptors (Lipinski definition) is 5. The van der Waals surface area contributed by atoms with Crippen LogP contribution in [0.15, 0.2) is 57.6 Å². The van der Waals surface area contributed by atoms with E-state index in [1.54, 1.807) is 24.5 Å². The van der Waals surface area contributed by atoms with Crippen molar-refractivity contribution in [2.75, 3.05) is 13.7 Å². The van der Waals surface area contributed by atoms with Crippen molar-refractivity contribution in [3.63, 3.8) is 0 Å². The van der Waals surface area contributed by atoms with Crippen LogP contribution in [0.4, 0.5) is 0 Å². The second-order valence-electron chi connectivity index (χ2n) is 6.72.